The molecule has 3 rings (SSSR count). The van der Waals surface area contributed by atoms with Crippen LogP contribution in [0.5, 0.6) is 0 Å². The molecule has 0 radical (unpaired) electrons. The molecule has 2 aliphatic rings. The first kappa shape index (κ1) is 12.9. The molecule has 2 atom stereocenters. The Balaban J connectivity index is 1.97. The normalized spacial score (nSPS) is 24.8. The van der Waals surface area contributed by atoms with Crippen LogP contribution in [0.1, 0.15) is 37.4 Å². The number of carbonyl (C=O) groups excluding carboxylic acids is 1. The van der Waals surface area contributed by atoms with E-state index in [0.717, 1.165) is 21.8 Å². The van der Waals surface area contributed by atoms with Crippen LogP contribution in [-0.4, -0.2) is 13.0 Å². The highest BCUT2D eigenvalue weighted by Crippen LogP contribution is 2.58. The van der Waals surface area contributed by atoms with Crippen LogP contribution in [0.25, 0.3) is 0 Å². The Hall–Kier alpha value is -1.06. The molecular weight excluding hydrogens is 260 g/mol. The van der Waals surface area contributed by atoms with Gasteiger partial charge in [-0.1, -0.05) is 31.5 Å². The first-order valence-corrected chi connectivity index (χ1v) is 7.09. The molecule has 1 aromatic carbocycles. The summed E-state index contributed by atoms with van der Waals surface area (Å²) in [6.07, 6.45) is 1.67. The van der Waals surface area contributed by atoms with E-state index in [1.165, 1.54) is 6.42 Å². The van der Waals surface area contributed by atoms with E-state index in [9.17, 15) is 4.79 Å². The van der Waals surface area contributed by atoms with Crippen molar-refractivity contribution < 1.29 is 4.79 Å². The zero-order valence-electron chi connectivity index (χ0n) is 11.5. The molecule has 0 saturated heterocycles. The Bertz CT molecular complexity index is 553. The summed E-state index contributed by atoms with van der Waals surface area (Å²) in [6, 6.07) is 4.24. The van der Waals surface area contributed by atoms with Gasteiger partial charge in [-0.05, 0) is 42.0 Å². The number of hydrogen-bond acceptors (Lipinski definition) is 2. The monoisotopic (exact) mass is 278 g/mol. The van der Waals surface area contributed by atoms with Crippen LogP contribution in [0, 0.1) is 11.3 Å². The van der Waals surface area contributed by atoms with Crippen LogP contribution in [0.4, 0.5) is 5.69 Å². The summed E-state index contributed by atoms with van der Waals surface area (Å²) in [5, 5.41) is 6.97. The van der Waals surface area contributed by atoms with Crippen molar-refractivity contribution in [2.24, 2.45) is 11.3 Å². The summed E-state index contributed by atoms with van der Waals surface area (Å²) in [7, 11) is 1.98. The van der Waals surface area contributed by atoms with Crippen molar-refractivity contribution in [2.75, 3.05) is 12.4 Å². The van der Waals surface area contributed by atoms with E-state index in [-0.39, 0.29) is 11.9 Å². The lowest BCUT2D eigenvalue weighted by atomic mass is 9.95. The van der Waals surface area contributed by atoms with E-state index >= 15 is 0 Å². The SMILES string of the molecule is CNC(c1cc2c(cc1Cl)NC(=O)C2)C1CC1(C)C. The Labute approximate surface area is 118 Å². The second kappa shape index (κ2) is 4.22. The van der Waals surface area contributed by atoms with Crippen molar-refractivity contribution in [1.29, 1.82) is 0 Å². The fraction of sp³-hybridized carbons (Fsp3) is 0.533. The van der Waals surface area contributed by atoms with Crippen LogP contribution >= 0.6 is 11.6 Å². The van der Waals surface area contributed by atoms with E-state index in [0.29, 0.717) is 17.8 Å². The molecule has 1 aliphatic heterocycles. The lowest BCUT2D eigenvalue weighted by Crippen LogP contribution is -2.21. The maximum Gasteiger partial charge on any atom is 0.228 e. The summed E-state index contributed by atoms with van der Waals surface area (Å²) in [5.74, 6) is 0.661. The summed E-state index contributed by atoms with van der Waals surface area (Å²) in [6.45, 7) is 4.57. The zero-order chi connectivity index (χ0) is 13.8. The molecule has 0 spiro atoms. The fourth-order valence-electron chi connectivity index (χ4n) is 3.16. The Morgan fingerprint density at radius 3 is 2.74 bits per heavy atom. The number of anilines is 1. The van der Waals surface area contributed by atoms with Crippen molar-refractivity contribution >= 4 is 23.2 Å². The van der Waals surface area contributed by atoms with Gasteiger partial charge in [0, 0.05) is 16.8 Å². The smallest absolute Gasteiger partial charge is 0.228 e. The number of amides is 1. The van der Waals surface area contributed by atoms with Gasteiger partial charge in [-0.15, -0.1) is 0 Å². The van der Waals surface area contributed by atoms with Gasteiger partial charge in [0.05, 0.1) is 6.42 Å². The predicted octanol–water partition coefficient (Wildman–Crippen LogP) is 3.14. The van der Waals surface area contributed by atoms with Gasteiger partial charge in [0.25, 0.3) is 0 Å². The van der Waals surface area contributed by atoms with Crippen molar-refractivity contribution in [1.82, 2.24) is 5.32 Å². The van der Waals surface area contributed by atoms with Gasteiger partial charge in [0.1, 0.15) is 0 Å². The third-order valence-electron chi connectivity index (χ3n) is 4.49. The molecule has 1 fully saturated rings. The van der Waals surface area contributed by atoms with Crippen molar-refractivity contribution in [3.8, 4) is 0 Å². The molecule has 0 bridgehead atoms. The Morgan fingerprint density at radius 2 is 2.16 bits per heavy atom. The van der Waals surface area contributed by atoms with Crippen LogP contribution < -0.4 is 10.6 Å². The van der Waals surface area contributed by atoms with Crippen LogP contribution in [0.3, 0.4) is 0 Å². The molecule has 1 heterocycles. The highest BCUT2D eigenvalue weighted by molar-refractivity contribution is 6.32. The third kappa shape index (κ3) is 2.15. The molecule has 102 valence electrons. The minimum Gasteiger partial charge on any atom is -0.325 e. The molecule has 1 amide bonds. The fourth-order valence-corrected chi connectivity index (χ4v) is 3.44. The lowest BCUT2D eigenvalue weighted by molar-refractivity contribution is -0.115. The Kier molecular flexibility index (Phi) is 2.88. The Morgan fingerprint density at radius 1 is 1.47 bits per heavy atom. The van der Waals surface area contributed by atoms with Crippen molar-refractivity contribution in [2.45, 2.75) is 32.7 Å². The number of nitrogens with one attached hydrogen (secondary N) is 2. The second-order valence-electron chi connectivity index (χ2n) is 6.32. The summed E-state index contributed by atoms with van der Waals surface area (Å²) >= 11 is 6.40. The predicted molar refractivity (Wildman–Crippen MR) is 77.5 cm³/mol. The maximum atomic E-state index is 11.4. The number of benzene rings is 1. The quantitative estimate of drug-likeness (QED) is 0.892. The number of carbonyl (C=O) groups is 1. The van der Waals surface area contributed by atoms with Gasteiger partial charge >= 0.3 is 0 Å². The minimum atomic E-state index is 0.0518. The highest BCUT2D eigenvalue weighted by atomic mass is 35.5. The molecule has 0 aromatic heterocycles. The average Bonchev–Trinajstić information content (AvgIpc) is 2.78. The van der Waals surface area contributed by atoms with Crippen LogP contribution in [0.2, 0.25) is 5.02 Å². The molecule has 1 aromatic rings. The first-order valence-electron chi connectivity index (χ1n) is 6.72. The molecule has 2 unspecified atom stereocenters. The van der Waals surface area contributed by atoms with Gasteiger partial charge in [-0.2, -0.15) is 0 Å². The third-order valence-corrected chi connectivity index (χ3v) is 4.81. The molecule has 1 aliphatic carbocycles. The zero-order valence-corrected chi connectivity index (χ0v) is 12.3. The lowest BCUT2D eigenvalue weighted by Gasteiger charge is -2.20. The maximum absolute atomic E-state index is 11.4. The highest BCUT2D eigenvalue weighted by Gasteiger charge is 2.50. The van der Waals surface area contributed by atoms with E-state index < -0.39 is 0 Å². The van der Waals surface area contributed by atoms with Crippen molar-refractivity contribution in [3.05, 3.63) is 28.3 Å². The van der Waals surface area contributed by atoms with Gasteiger partial charge < -0.3 is 10.6 Å². The van der Waals surface area contributed by atoms with E-state index in [1.807, 2.05) is 13.1 Å². The molecule has 2 N–H and O–H groups in total. The topological polar surface area (TPSA) is 41.1 Å². The number of rotatable bonds is 3. The molecule has 1 saturated carbocycles. The van der Waals surface area contributed by atoms with Crippen LogP contribution in [0.15, 0.2) is 12.1 Å². The second-order valence-corrected chi connectivity index (χ2v) is 6.73. The van der Waals surface area contributed by atoms with Crippen LogP contribution in [-0.2, 0) is 11.2 Å². The molecular formula is C15H19ClN2O. The summed E-state index contributed by atoms with van der Waals surface area (Å²) in [5.41, 5.74) is 3.42. The van der Waals surface area contributed by atoms with E-state index in [1.54, 1.807) is 0 Å². The van der Waals surface area contributed by atoms with Gasteiger partial charge in [-0.3, -0.25) is 4.79 Å². The first-order chi connectivity index (χ1) is 8.92. The van der Waals surface area contributed by atoms with E-state index in [4.69, 9.17) is 11.6 Å². The largest absolute Gasteiger partial charge is 0.325 e. The minimum absolute atomic E-state index is 0.0518. The summed E-state index contributed by atoms with van der Waals surface area (Å²) < 4.78 is 0. The van der Waals surface area contributed by atoms with Gasteiger partial charge in [0.15, 0.2) is 0 Å². The molecule has 19 heavy (non-hydrogen) atoms. The number of hydrogen-bond donors (Lipinski definition) is 2. The van der Waals surface area contributed by atoms with Gasteiger partial charge in [0.2, 0.25) is 5.91 Å². The van der Waals surface area contributed by atoms with Crippen molar-refractivity contribution in [3.63, 3.8) is 0 Å². The molecule has 3 nitrogen and oxygen atoms in total. The summed E-state index contributed by atoms with van der Waals surface area (Å²) in [4.78, 5) is 11.4. The number of fused-ring (bicyclic) bond motifs is 1. The standard InChI is InChI=1S/C15H19ClN2O/c1-15(2)7-10(15)14(17-3)9-4-8-5-13(19)18-12(8)6-11(9)16/h4,6,10,14,17H,5,7H2,1-3H3,(H,18,19). The van der Waals surface area contributed by atoms with E-state index in [2.05, 4.69) is 30.5 Å². The van der Waals surface area contributed by atoms with Gasteiger partial charge in [-0.25, -0.2) is 0 Å². The average molecular weight is 279 g/mol. The number of halogens is 1. The molecule has 4 heteroatoms.